The Balaban J connectivity index is 2.19. The Morgan fingerprint density at radius 2 is 1.05 bits per heavy atom. The van der Waals surface area contributed by atoms with Crippen LogP contribution in [-0.2, 0) is 0 Å². The molecule has 0 spiro atoms. The van der Waals surface area contributed by atoms with E-state index in [1.165, 1.54) is 22.5 Å². The highest BCUT2D eigenvalue weighted by atomic mass is 15.4. The zero-order valence-electron chi connectivity index (χ0n) is 12.8. The largest absolute Gasteiger partial charge is 0.352 e. The highest BCUT2D eigenvalue weighted by molar-refractivity contribution is 5.90. The van der Waals surface area contributed by atoms with Gasteiger partial charge in [-0.2, -0.15) is 0 Å². The van der Waals surface area contributed by atoms with E-state index in [4.69, 9.17) is 0 Å². The summed E-state index contributed by atoms with van der Waals surface area (Å²) in [5, 5.41) is 0. The lowest BCUT2D eigenvalue weighted by Gasteiger charge is -2.22. The van der Waals surface area contributed by atoms with Crippen LogP contribution in [0.15, 0.2) is 60.7 Å². The first-order chi connectivity index (χ1) is 10.3. The summed E-state index contributed by atoms with van der Waals surface area (Å²) in [5.41, 5.74) is 5.31. The van der Waals surface area contributed by atoms with Crippen LogP contribution in [0.25, 0.3) is 11.4 Å². The third-order valence-electron chi connectivity index (χ3n) is 4.06. The van der Waals surface area contributed by atoms with E-state index in [1.807, 2.05) is 0 Å². The van der Waals surface area contributed by atoms with Gasteiger partial charge in [0.2, 0.25) is 0 Å². The number of hydrogen-bond acceptors (Lipinski definition) is 2. The molecule has 2 heteroatoms. The quantitative estimate of drug-likeness (QED) is 0.830. The first kappa shape index (κ1) is 13.7. The van der Waals surface area contributed by atoms with E-state index in [0.29, 0.717) is 0 Å². The number of hydrogen-bond donors (Lipinski definition) is 0. The predicted octanol–water partition coefficient (Wildman–Crippen LogP) is 4.13. The molecule has 0 amide bonds. The van der Waals surface area contributed by atoms with Crippen molar-refractivity contribution in [2.45, 2.75) is 13.8 Å². The zero-order valence-corrected chi connectivity index (χ0v) is 12.8. The summed E-state index contributed by atoms with van der Waals surface area (Å²) in [4.78, 5) is 4.92. The van der Waals surface area contributed by atoms with Gasteiger partial charge in [0.05, 0.1) is 18.1 Å². The molecule has 0 fully saturated rings. The molecule has 0 atom stereocenters. The van der Waals surface area contributed by atoms with E-state index in [2.05, 4.69) is 84.3 Å². The summed E-state index contributed by atoms with van der Waals surface area (Å²) in [7, 11) is 0. The third kappa shape index (κ3) is 2.54. The van der Waals surface area contributed by atoms with E-state index in [1.54, 1.807) is 0 Å². The van der Waals surface area contributed by atoms with Crippen LogP contribution in [-0.4, -0.2) is 29.6 Å². The van der Waals surface area contributed by atoms with Crippen molar-refractivity contribution in [3.8, 4) is 0 Å². The normalized spacial score (nSPS) is 15.0. The van der Waals surface area contributed by atoms with Gasteiger partial charge in [0, 0.05) is 13.1 Å². The van der Waals surface area contributed by atoms with Gasteiger partial charge in [-0.15, -0.1) is 0 Å². The van der Waals surface area contributed by atoms with Crippen molar-refractivity contribution in [1.82, 2.24) is 9.80 Å². The Kier molecular flexibility index (Phi) is 3.96. The molecule has 0 aliphatic carbocycles. The first-order valence-corrected chi connectivity index (χ1v) is 7.70. The van der Waals surface area contributed by atoms with Crippen LogP contribution >= 0.6 is 0 Å². The molecule has 3 rings (SSSR count). The fourth-order valence-electron chi connectivity index (χ4n) is 2.99. The number of rotatable bonds is 4. The molecule has 1 aliphatic rings. The van der Waals surface area contributed by atoms with E-state index in [-0.39, 0.29) is 0 Å². The summed E-state index contributed by atoms with van der Waals surface area (Å²) in [6.45, 7) is 7.48. The summed E-state index contributed by atoms with van der Waals surface area (Å²) in [5.74, 6) is 0. The van der Waals surface area contributed by atoms with Crippen LogP contribution in [0.5, 0.6) is 0 Å². The number of benzene rings is 2. The Morgan fingerprint density at radius 1 is 0.667 bits per heavy atom. The van der Waals surface area contributed by atoms with Gasteiger partial charge in [0.1, 0.15) is 0 Å². The fourth-order valence-corrected chi connectivity index (χ4v) is 2.99. The second-order valence-electron chi connectivity index (χ2n) is 5.28. The van der Waals surface area contributed by atoms with Gasteiger partial charge in [0.15, 0.2) is 0 Å². The average molecular weight is 278 g/mol. The standard InChI is InChI=1S/C19H22N2/c1-3-20-15-21(4-2)19(17-13-9-6-10-14-17)18(20)16-11-7-5-8-12-16/h5-14H,3-4,15H2,1-2H3. The zero-order chi connectivity index (χ0) is 14.7. The minimum Gasteiger partial charge on any atom is -0.352 e. The van der Waals surface area contributed by atoms with Crippen molar-refractivity contribution < 1.29 is 0 Å². The molecular formula is C19H22N2. The van der Waals surface area contributed by atoms with Crippen LogP contribution in [0.3, 0.4) is 0 Å². The molecule has 0 bridgehead atoms. The van der Waals surface area contributed by atoms with Gasteiger partial charge in [-0.05, 0) is 25.0 Å². The van der Waals surface area contributed by atoms with Gasteiger partial charge in [-0.25, -0.2) is 0 Å². The van der Waals surface area contributed by atoms with E-state index in [0.717, 1.165) is 19.8 Å². The Hall–Kier alpha value is -2.22. The Bertz CT molecular complexity index is 561. The smallest absolute Gasteiger partial charge is 0.0904 e. The minimum atomic E-state index is 0.974. The van der Waals surface area contributed by atoms with Gasteiger partial charge in [-0.3, -0.25) is 0 Å². The van der Waals surface area contributed by atoms with Crippen molar-refractivity contribution in [2.75, 3.05) is 19.8 Å². The summed E-state index contributed by atoms with van der Waals surface area (Å²) in [6.07, 6.45) is 0. The summed E-state index contributed by atoms with van der Waals surface area (Å²) in [6, 6.07) is 21.5. The maximum absolute atomic E-state index is 2.46. The highest BCUT2D eigenvalue weighted by Gasteiger charge is 2.28. The maximum atomic E-state index is 2.46. The second kappa shape index (κ2) is 6.04. The van der Waals surface area contributed by atoms with Crippen LogP contribution in [0.1, 0.15) is 25.0 Å². The van der Waals surface area contributed by atoms with Gasteiger partial charge < -0.3 is 9.80 Å². The molecule has 0 aromatic heterocycles. The van der Waals surface area contributed by atoms with Crippen molar-refractivity contribution in [3.63, 3.8) is 0 Å². The third-order valence-corrected chi connectivity index (χ3v) is 4.06. The van der Waals surface area contributed by atoms with Crippen molar-refractivity contribution in [3.05, 3.63) is 71.8 Å². The Morgan fingerprint density at radius 3 is 1.38 bits per heavy atom. The van der Waals surface area contributed by atoms with Crippen molar-refractivity contribution in [2.24, 2.45) is 0 Å². The van der Waals surface area contributed by atoms with E-state index < -0.39 is 0 Å². The molecule has 1 aliphatic heterocycles. The predicted molar refractivity (Wildman–Crippen MR) is 89.3 cm³/mol. The van der Waals surface area contributed by atoms with Crippen LogP contribution in [0.4, 0.5) is 0 Å². The number of nitrogens with zero attached hydrogens (tertiary/aromatic N) is 2. The van der Waals surface area contributed by atoms with Crippen molar-refractivity contribution >= 4 is 11.4 Å². The lowest BCUT2D eigenvalue weighted by molar-refractivity contribution is 0.297. The van der Waals surface area contributed by atoms with Crippen molar-refractivity contribution in [1.29, 1.82) is 0 Å². The summed E-state index contributed by atoms with van der Waals surface area (Å²) >= 11 is 0. The van der Waals surface area contributed by atoms with Gasteiger partial charge in [-0.1, -0.05) is 60.7 Å². The fraction of sp³-hybridized carbons (Fsp3) is 0.263. The molecule has 0 N–H and O–H groups in total. The lowest BCUT2D eigenvalue weighted by atomic mass is 10.0. The van der Waals surface area contributed by atoms with Crippen LogP contribution < -0.4 is 0 Å². The van der Waals surface area contributed by atoms with E-state index >= 15 is 0 Å². The molecule has 2 aromatic carbocycles. The molecule has 21 heavy (non-hydrogen) atoms. The molecule has 0 saturated carbocycles. The monoisotopic (exact) mass is 278 g/mol. The first-order valence-electron chi connectivity index (χ1n) is 7.70. The SMILES string of the molecule is CCN1CN(CC)C(c2ccccc2)=C1c1ccccc1. The molecule has 2 nitrogen and oxygen atoms in total. The maximum Gasteiger partial charge on any atom is 0.0904 e. The van der Waals surface area contributed by atoms with Gasteiger partial charge in [0.25, 0.3) is 0 Å². The highest BCUT2D eigenvalue weighted by Crippen LogP contribution is 2.37. The van der Waals surface area contributed by atoms with E-state index in [9.17, 15) is 0 Å². The lowest BCUT2D eigenvalue weighted by Crippen LogP contribution is -2.27. The molecule has 0 radical (unpaired) electrons. The molecule has 1 heterocycles. The molecular weight excluding hydrogens is 256 g/mol. The molecule has 2 aromatic rings. The second-order valence-corrected chi connectivity index (χ2v) is 5.28. The van der Waals surface area contributed by atoms with Gasteiger partial charge >= 0.3 is 0 Å². The van der Waals surface area contributed by atoms with Crippen LogP contribution in [0, 0.1) is 0 Å². The topological polar surface area (TPSA) is 6.48 Å². The average Bonchev–Trinajstić information content (AvgIpc) is 2.95. The molecule has 0 saturated heterocycles. The minimum absolute atomic E-state index is 0.974. The van der Waals surface area contributed by atoms with Crippen LogP contribution in [0.2, 0.25) is 0 Å². The molecule has 108 valence electrons. The molecule has 0 unspecified atom stereocenters. The Labute approximate surface area is 127 Å². The summed E-state index contributed by atoms with van der Waals surface area (Å²) < 4.78 is 0.